The Labute approximate surface area is 457 Å². The summed E-state index contributed by atoms with van der Waals surface area (Å²) in [7, 11) is 2.38. The van der Waals surface area contributed by atoms with Gasteiger partial charge >= 0.3 is 7.12 Å². The Morgan fingerprint density at radius 2 is 1.01 bits per heavy atom. The van der Waals surface area contributed by atoms with Crippen molar-refractivity contribution in [2.24, 2.45) is 0 Å². The van der Waals surface area contributed by atoms with Crippen molar-refractivity contribution in [1.29, 1.82) is 0 Å². The molecular weight excluding hydrogens is 1130 g/mol. The normalized spacial score (nSPS) is 14.4. The van der Waals surface area contributed by atoms with E-state index in [2.05, 4.69) is 37.2 Å². The second kappa shape index (κ2) is 30.0. The summed E-state index contributed by atoms with van der Waals surface area (Å²) < 4.78 is 53.8. The Balaban J connectivity index is 0.000000214. The molecule has 0 bridgehead atoms. The van der Waals surface area contributed by atoms with Crippen molar-refractivity contribution in [1.82, 2.24) is 15.1 Å². The lowest BCUT2D eigenvalue weighted by molar-refractivity contribution is -0.140. The molecule has 3 N–H and O–H groups in total. The van der Waals surface area contributed by atoms with Crippen LogP contribution in [0.2, 0.25) is 0 Å². The maximum Gasteiger partial charge on any atom is 0.488 e. The summed E-state index contributed by atoms with van der Waals surface area (Å²) in [6.07, 6.45) is 2.00. The lowest BCUT2D eigenvalue weighted by Gasteiger charge is -2.16. The van der Waals surface area contributed by atoms with Gasteiger partial charge in [-0.05, 0) is 120 Å². The average molecular weight is 1190 g/mol. The van der Waals surface area contributed by atoms with Gasteiger partial charge < -0.3 is 43.2 Å². The number of imide groups is 3. The van der Waals surface area contributed by atoms with Crippen LogP contribution < -0.4 is 43.9 Å². The zero-order valence-electron chi connectivity index (χ0n) is 41.3. The maximum absolute atomic E-state index is 11.8. The van der Waals surface area contributed by atoms with Crippen molar-refractivity contribution in [3.05, 3.63) is 117 Å². The molecule has 5 heterocycles. The van der Waals surface area contributed by atoms with Crippen LogP contribution in [0.25, 0.3) is 11.1 Å². The van der Waals surface area contributed by atoms with E-state index in [1.807, 2.05) is 72.8 Å². The second-order valence-corrected chi connectivity index (χ2v) is 17.9. The van der Waals surface area contributed by atoms with E-state index in [4.69, 9.17) is 56.2 Å². The Bertz CT molecular complexity index is 2810. The number of benzene rings is 5. The minimum absolute atomic E-state index is 0. The highest BCUT2D eigenvalue weighted by atomic mass is 79.9. The van der Waals surface area contributed by atoms with Crippen molar-refractivity contribution in [2.75, 3.05) is 42.1 Å². The molecule has 10 rings (SSSR count). The molecule has 3 saturated heterocycles. The van der Waals surface area contributed by atoms with Crippen LogP contribution in [-0.4, -0.2) is 104 Å². The molecule has 5 aromatic carbocycles. The first-order valence-corrected chi connectivity index (χ1v) is 24.5. The van der Waals surface area contributed by atoms with Crippen molar-refractivity contribution < 1.29 is 77.7 Å². The largest absolute Gasteiger partial charge is 0.496 e. The molecule has 0 radical (unpaired) electrons. The highest BCUT2D eigenvalue weighted by Crippen LogP contribution is 2.39. The molecular formula is C52H56BBr2ClFN3O15. The smallest absolute Gasteiger partial charge is 0.488 e. The number of nitrogens with one attached hydrogen (secondary N) is 1. The molecule has 0 aromatic heterocycles. The van der Waals surface area contributed by atoms with Gasteiger partial charge in [0.15, 0.2) is 23.0 Å². The van der Waals surface area contributed by atoms with Crippen LogP contribution >= 0.6 is 43.5 Å². The Morgan fingerprint density at radius 3 is 1.44 bits per heavy atom. The first kappa shape index (κ1) is 59.2. The SMILES string of the molecule is C.COc1ccc(CCl)cc1Br.COc1ccc(CN2C(=O)CCC2=O)cc1-c1ccc2c(c1)OCO2.COc1ccc(CN2C(=O)CCC2=O)cc1Br.O=C1CCC(=O)N1.OB(O)c1ccc2c(c1)OCO2.[2H]CF. The van der Waals surface area contributed by atoms with Crippen molar-refractivity contribution in [2.45, 2.75) is 64.9 Å². The molecule has 5 aliphatic heterocycles. The standard InChI is InChI=1S/C19H17NO5.C12H12BrNO3.C8H8BrClO.C7H7BO4.C4H5NO2.CH3F.CH4/c1-23-15-4-2-12(10-20-18(21)6-7-19(20)22)8-14(15)13-3-5-16-17(9-13)25-11-24-16;1-17-10-3-2-8(6-9(10)13)7-14-11(15)4-5-12(14)16;1-11-8-3-2-6(5-10)4-7(8)9;9-8(10)5-1-2-6-7(3-5)12-4-11-6;6-3-1-2-4(7)5-3;1-2;/h2-5,8-9H,6-7,10-11H2,1H3;2-3,6H,4-5,7H2,1H3;2-4H,5H2,1H3;1-3,9-10H,4H2;1-2H2,(H,5,6,7);1H3;1H4/i;;;;;1D;. The number of fused-ring (bicyclic) bond motifs is 2. The van der Waals surface area contributed by atoms with Crippen molar-refractivity contribution >= 4 is 91.5 Å². The summed E-state index contributed by atoms with van der Waals surface area (Å²) in [5.74, 6) is 4.67. The van der Waals surface area contributed by atoms with Crippen molar-refractivity contribution in [3.63, 3.8) is 0 Å². The minimum atomic E-state index is -1.46. The molecule has 0 atom stereocenters. The van der Waals surface area contributed by atoms with Gasteiger partial charge in [-0.1, -0.05) is 37.8 Å². The van der Waals surface area contributed by atoms with Gasteiger partial charge in [-0.3, -0.25) is 48.3 Å². The molecule has 0 saturated carbocycles. The number of hydrogen-bond donors (Lipinski definition) is 3. The van der Waals surface area contributed by atoms with Gasteiger partial charge in [0.05, 0.1) is 51.9 Å². The van der Waals surface area contributed by atoms with Gasteiger partial charge in [0.2, 0.25) is 49.0 Å². The van der Waals surface area contributed by atoms with E-state index >= 15 is 0 Å². The fraction of sp³-hybridized carbons (Fsp3) is 0.308. The zero-order valence-corrected chi connectivity index (χ0v) is 44.3. The molecule has 0 unspecified atom stereocenters. The van der Waals surface area contributed by atoms with Crippen LogP contribution in [0.4, 0.5) is 4.39 Å². The highest BCUT2D eigenvalue weighted by Gasteiger charge is 2.30. The number of amides is 6. The number of methoxy groups -OCH3 is 3. The van der Waals surface area contributed by atoms with E-state index in [9.17, 15) is 33.2 Å². The molecule has 5 aliphatic rings. The summed E-state index contributed by atoms with van der Waals surface area (Å²) in [4.78, 5) is 69.5. The van der Waals surface area contributed by atoms with Crippen LogP contribution in [-0.2, 0) is 47.7 Å². The van der Waals surface area contributed by atoms with Gasteiger partial charge in [-0.2, -0.15) is 0 Å². The number of nitrogens with zero attached hydrogens (tertiary/aromatic N) is 2. The van der Waals surface area contributed by atoms with Gasteiger partial charge in [0.25, 0.3) is 0 Å². The quantitative estimate of drug-likeness (QED) is 0.0689. The predicted octanol–water partition coefficient (Wildman–Crippen LogP) is 7.78. The number of rotatable bonds is 10. The molecule has 18 nitrogen and oxygen atoms in total. The van der Waals surface area contributed by atoms with Crippen LogP contribution in [0, 0.1) is 0 Å². The molecule has 400 valence electrons. The molecule has 75 heavy (non-hydrogen) atoms. The number of carbonyl (C=O) groups is 6. The Morgan fingerprint density at radius 1 is 0.600 bits per heavy atom. The third-order valence-electron chi connectivity index (χ3n) is 11.1. The van der Waals surface area contributed by atoms with E-state index in [0.717, 1.165) is 48.3 Å². The number of hydrogen-bond acceptors (Lipinski definition) is 15. The van der Waals surface area contributed by atoms with Crippen LogP contribution in [0.5, 0.6) is 40.2 Å². The fourth-order valence-electron chi connectivity index (χ4n) is 7.29. The lowest BCUT2D eigenvalue weighted by atomic mass is 9.80. The fourth-order valence-corrected chi connectivity index (χ4v) is 8.63. The van der Waals surface area contributed by atoms with Crippen LogP contribution in [0.1, 0.15) is 64.0 Å². The summed E-state index contributed by atoms with van der Waals surface area (Å²) >= 11 is 12.4. The number of halogens is 4. The molecule has 3 fully saturated rings. The number of likely N-dealkylation sites (tertiary alicyclic amines) is 2. The molecule has 5 aromatic rings. The minimum Gasteiger partial charge on any atom is -0.496 e. The summed E-state index contributed by atoms with van der Waals surface area (Å²) in [6, 6.07) is 27.4. The first-order valence-electron chi connectivity index (χ1n) is 23.1. The topological polar surface area (TPSA) is 226 Å². The number of carbonyl (C=O) groups excluding carboxylic acids is 6. The van der Waals surface area contributed by atoms with E-state index in [1.165, 1.54) is 9.80 Å². The number of alkyl halides is 2. The number of ether oxygens (including phenoxy) is 7. The zero-order chi connectivity index (χ0) is 54.6. The van der Waals surface area contributed by atoms with Gasteiger partial charge in [-0.25, -0.2) is 0 Å². The van der Waals surface area contributed by atoms with Crippen molar-refractivity contribution in [3.8, 4) is 51.4 Å². The summed E-state index contributed by atoms with van der Waals surface area (Å²) in [5.41, 5.74) is 5.05. The van der Waals surface area contributed by atoms with E-state index in [0.29, 0.717) is 85.2 Å². The summed E-state index contributed by atoms with van der Waals surface area (Å²) in [6.45, 7) is 1.02. The predicted molar refractivity (Wildman–Crippen MR) is 284 cm³/mol. The molecule has 0 spiro atoms. The maximum atomic E-state index is 11.8. The van der Waals surface area contributed by atoms with Gasteiger partial charge in [-0.15, -0.1) is 11.6 Å². The van der Waals surface area contributed by atoms with Crippen LogP contribution in [0.3, 0.4) is 0 Å². The first-order chi connectivity index (χ1) is 36.0. The van der Waals surface area contributed by atoms with Gasteiger partial charge in [0, 0.05) is 50.0 Å². The van der Waals surface area contributed by atoms with E-state index < -0.39 is 14.3 Å². The lowest BCUT2D eigenvalue weighted by Crippen LogP contribution is -2.29. The van der Waals surface area contributed by atoms with E-state index in [-0.39, 0.29) is 63.0 Å². The Hall–Kier alpha value is -6.72. The average Bonchev–Trinajstić information content (AvgIpc) is 4.27. The van der Waals surface area contributed by atoms with E-state index in [1.54, 1.807) is 39.5 Å². The summed E-state index contributed by atoms with van der Waals surface area (Å²) in [5, 5.41) is 19.8. The highest BCUT2D eigenvalue weighted by molar-refractivity contribution is 9.11. The third kappa shape index (κ3) is 17.2. The Kier molecular flexibility index (Phi) is 23.7. The third-order valence-corrected chi connectivity index (χ3v) is 12.6. The second-order valence-electron chi connectivity index (χ2n) is 15.9. The van der Waals surface area contributed by atoms with Gasteiger partial charge in [0.1, 0.15) is 17.2 Å². The van der Waals surface area contributed by atoms with Crippen LogP contribution in [0.15, 0.2) is 99.9 Å². The molecule has 23 heteroatoms. The molecule has 6 amide bonds. The molecule has 0 aliphatic carbocycles. The monoisotopic (exact) mass is 1190 g/mol.